The average Bonchev–Trinajstić information content (AvgIpc) is 3.59. The molecule has 0 atom stereocenters. The van der Waals surface area contributed by atoms with Crippen molar-refractivity contribution < 1.29 is 0 Å². The van der Waals surface area contributed by atoms with Crippen molar-refractivity contribution in [3.63, 3.8) is 0 Å². The summed E-state index contributed by atoms with van der Waals surface area (Å²) in [7, 11) is 0. The summed E-state index contributed by atoms with van der Waals surface area (Å²) in [5.74, 6) is 1.79. The molecule has 3 heterocycles. The van der Waals surface area contributed by atoms with Crippen molar-refractivity contribution in [3.05, 3.63) is 53.4 Å². The highest BCUT2D eigenvalue weighted by Gasteiger charge is 2.27. The molecule has 0 unspecified atom stereocenters. The van der Waals surface area contributed by atoms with Gasteiger partial charge in [-0.1, -0.05) is 36.6 Å². The van der Waals surface area contributed by atoms with Crippen molar-refractivity contribution in [2.24, 2.45) is 0 Å². The van der Waals surface area contributed by atoms with E-state index in [-0.39, 0.29) is 12.4 Å². The van der Waals surface area contributed by atoms with Gasteiger partial charge in [-0.25, -0.2) is 20.1 Å². The van der Waals surface area contributed by atoms with Gasteiger partial charge in [0.25, 0.3) is 0 Å². The molecule has 1 N–H and O–H groups in total. The Bertz CT molecular complexity index is 1200. The molecule has 180 valence electrons. The number of rotatable bonds is 9. The van der Waals surface area contributed by atoms with Crippen LogP contribution in [-0.2, 0) is 19.5 Å². The number of halogens is 1. The van der Waals surface area contributed by atoms with Crippen LogP contribution in [0.15, 0.2) is 30.9 Å². The van der Waals surface area contributed by atoms with E-state index in [2.05, 4.69) is 67.1 Å². The van der Waals surface area contributed by atoms with Crippen LogP contribution in [0.3, 0.4) is 0 Å². The molecule has 9 nitrogen and oxygen atoms in total. The molecule has 5 rings (SSSR count). The predicted octanol–water partition coefficient (Wildman–Crippen LogP) is 4.35. The van der Waals surface area contributed by atoms with Crippen molar-refractivity contribution in [2.75, 3.05) is 4.90 Å². The van der Waals surface area contributed by atoms with Crippen LogP contribution in [0.4, 0.5) is 5.82 Å². The van der Waals surface area contributed by atoms with Crippen LogP contribution in [0, 0.1) is 13.8 Å². The Labute approximate surface area is 205 Å². The van der Waals surface area contributed by atoms with E-state index in [0.717, 1.165) is 55.2 Å². The molecule has 10 heteroatoms. The van der Waals surface area contributed by atoms with Gasteiger partial charge in [-0.05, 0) is 61.1 Å². The van der Waals surface area contributed by atoms with E-state index in [1.54, 1.807) is 6.33 Å². The molecule has 1 fully saturated rings. The highest BCUT2D eigenvalue weighted by molar-refractivity contribution is 5.85. The number of anilines is 1. The fourth-order valence-electron chi connectivity index (χ4n) is 4.85. The number of imidazole rings is 1. The normalized spacial score (nSPS) is 13.9. The van der Waals surface area contributed by atoms with E-state index in [4.69, 9.17) is 9.97 Å². The number of H-pyrrole nitrogens is 1. The molecule has 0 spiro atoms. The van der Waals surface area contributed by atoms with Gasteiger partial charge in [0.15, 0.2) is 17.0 Å². The third-order valence-corrected chi connectivity index (χ3v) is 6.72. The first-order valence-electron chi connectivity index (χ1n) is 11.9. The third-order valence-electron chi connectivity index (χ3n) is 6.72. The Morgan fingerprint density at radius 2 is 1.94 bits per heavy atom. The zero-order valence-electron chi connectivity index (χ0n) is 19.8. The second-order valence-corrected chi connectivity index (χ2v) is 9.11. The number of unbranched alkanes of at least 4 members (excludes halogenated alkanes) is 1. The summed E-state index contributed by atoms with van der Waals surface area (Å²) in [6.45, 7) is 6.06. The van der Waals surface area contributed by atoms with Crippen molar-refractivity contribution in [1.82, 2.24) is 40.1 Å². The maximum absolute atomic E-state index is 4.78. The van der Waals surface area contributed by atoms with Crippen LogP contribution < -0.4 is 4.90 Å². The minimum Gasteiger partial charge on any atom is -0.347 e. The van der Waals surface area contributed by atoms with E-state index in [1.807, 2.05) is 6.33 Å². The van der Waals surface area contributed by atoms with Gasteiger partial charge in [0.05, 0.1) is 6.33 Å². The molecule has 1 aliphatic rings. The van der Waals surface area contributed by atoms with Crippen molar-refractivity contribution in [3.8, 4) is 0 Å². The zero-order chi connectivity index (χ0) is 22.6. The number of aryl methyl sites for hydroxylation is 4. The number of nitrogens with zero attached hydrogens (tertiary/aromatic N) is 8. The first-order valence-corrected chi connectivity index (χ1v) is 11.9. The maximum atomic E-state index is 4.78. The van der Waals surface area contributed by atoms with Gasteiger partial charge in [-0.3, -0.25) is 0 Å². The summed E-state index contributed by atoms with van der Waals surface area (Å²) in [6, 6.07) is 7.20. The quantitative estimate of drug-likeness (QED) is 0.354. The summed E-state index contributed by atoms with van der Waals surface area (Å²) >= 11 is 0. The molecule has 3 aromatic heterocycles. The number of tetrazole rings is 1. The van der Waals surface area contributed by atoms with Crippen molar-refractivity contribution in [2.45, 2.75) is 77.9 Å². The molecule has 0 radical (unpaired) electrons. The van der Waals surface area contributed by atoms with E-state index >= 15 is 0 Å². The number of hydrogen-bond donors (Lipinski definition) is 1. The lowest BCUT2D eigenvalue weighted by atomic mass is 10.0. The smallest absolute Gasteiger partial charge is 0.165 e. The van der Waals surface area contributed by atoms with Crippen LogP contribution >= 0.6 is 12.4 Å². The maximum Gasteiger partial charge on any atom is 0.165 e. The fourth-order valence-corrected chi connectivity index (χ4v) is 4.85. The summed E-state index contributed by atoms with van der Waals surface area (Å²) in [6.07, 6.45) is 11.4. The van der Waals surface area contributed by atoms with Crippen LogP contribution in [0.25, 0.3) is 11.2 Å². The zero-order valence-corrected chi connectivity index (χ0v) is 20.6. The number of aromatic nitrogens is 8. The fraction of sp³-hybridized carbons (Fsp3) is 0.500. The molecule has 34 heavy (non-hydrogen) atoms. The van der Waals surface area contributed by atoms with E-state index in [9.17, 15) is 0 Å². The molecular formula is C24H32ClN9. The number of aromatic amines is 1. The summed E-state index contributed by atoms with van der Waals surface area (Å²) in [4.78, 5) is 16.6. The SMILES string of the molecule is Cc1ccc(C)c(CN(c2ncnc3c2ncn3CCCCc2nnn[nH]2)C2CCCC2)c1.Cl. The number of benzene rings is 1. The number of fused-ring (bicyclic) bond motifs is 1. The molecule has 1 saturated carbocycles. The highest BCUT2D eigenvalue weighted by Crippen LogP contribution is 2.32. The Morgan fingerprint density at radius 3 is 2.74 bits per heavy atom. The Kier molecular flexibility index (Phi) is 7.72. The monoisotopic (exact) mass is 481 g/mol. The second kappa shape index (κ2) is 10.9. The molecular weight excluding hydrogens is 450 g/mol. The Balaban J connectivity index is 0.00000274. The minimum atomic E-state index is 0. The summed E-state index contributed by atoms with van der Waals surface area (Å²) in [5, 5.41) is 14.0. The molecule has 0 amide bonds. The second-order valence-electron chi connectivity index (χ2n) is 9.11. The molecule has 0 aliphatic heterocycles. The minimum absolute atomic E-state index is 0. The lowest BCUT2D eigenvalue weighted by Crippen LogP contribution is -2.34. The van der Waals surface area contributed by atoms with Crippen molar-refractivity contribution >= 4 is 29.4 Å². The van der Waals surface area contributed by atoms with E-state index in [0.29, 0.717) is 6.04 Å². The molecule has 4 aromatic rings. The third kappa shape index (κ3) is 5.19. The Morgan fingerprint density at radius 1 is 1.09 bits per heavy atom. The average molecular weight is 482 g/mol. The molecule has 0 bridgehead atoms. The molecule has 1 aromatic carbocycles. The van der Waals surface area contributed by atoms with Gasteiger partial charge in [0, 0.05) is 25.6 Å². The van der Waals surface area contributed by atoms with Gasteiger partial charge >= 0.3 is 0 Å². The molecule has 0 saturated heterocycles. The summed E-state index contributed by atoms with van der Waals surface area (Å²) < 4.78 is 2.14. The van der Waals surface area contributed by atoms with E-state index in [1.165, 1.54) is 42.4 Å². The van der Waals surface area contributed by atoms with Crippen molar-refractivity contribution in [1.29, 1.82) is 0 Å². The van der Waals surface area contributed by atoms with Crippen LogP contribution in [-0.4, -0.2) is 46.2 Å². The van der Waals surface area contributed by atoms with Crippen LogP contribution in [0.1, 0.15) is 61.0 Å². The van der Waals surface area contributed by atoms with Gasteiger partial charge in [-0.2, -0.15) is 0 Å². The van der Waals surface area contributed by atoms with Crippen LogP contribution in [0.2, 0.25) is 0 Å². The predicted molar refractivity (Wildman–Crippen MR) is 134 cm³/mol. The summed E-state index contributed by atoms with van der Waals surface area (Å²) in [5.41, 5.74) is 5.77. The first-order chi connectivity index (χ1) is 16.2. The van der Waals surface area contributed by atoms with Gasteiger partial charge in [0.2, 0.25) is 0 Å². The number of nitrogens with one attached hydrogen (secondary N) is 1. The lowest BCUT2D eigenvalue weighted by Gasteiger charge is -2.31. The van der Waals surface area contributed by atoms with Crippen LogP contribution in [0.5, 0.6) is 0 Å². The lowest BCUT2D eigenvalue weighted by molar-refractivity contribution is 0.597. The topological polar surface area (TPSA) is 101 Å². The van der Waals surface area contributed by atoms with Gasteiger partial charge in [0.1, 0.15) is 12.2 Å². The largest absolute Gasteiger partial charge is 0.347 e. The highest BCUT2D eigenvalue weighted by atomic mass is 35.5. The number of hydrogen-bond acceptors (Lipinski definition) is 7. The first kappa shape index (κ1) is 24.1. The Hall–Kier alpha value is -3.07. The van der Waals surface area contributed by atoms with Gasteiger partial charge in [-0.15, -0.1) is 17.5 Å². The molecule has 1 aliphatic carbocycles. The van der Waals surface area contributed by atoms with E-state index < -0.39 is 0 Å². The standard InChI is InChI=1S/C24H31N9.ClH/c1-17-10-11-18(2)19(13-17)14-33(20-7-3-4-8-20)24-22-23(25-15-26-24)32(16-27-22)12-6-5-9-21-28-30-31-29-21;/h10-11,13,15-16,20H,3-9,12,14H2,1-2H3,(H,28,29,30,31);1H. The van der Waals surface area contributed by atoms with Gasteiger partial charge < -0.3 is 9.47 Å².